The molecule has 0 saturated carbocycles. The highest BCUT2D eigenvalue weighted by Gasteiger charge is 2.06. The number of ether oxygens (including phenoxy) is 1. The summed E-state index contributed by atoms with van der Waals surface area (Å²) < 4.78 is 5.70. The average Bonchev–Trinajstić information content (AvgIpc) is 2.62. The lowest BCUT2D eigenvalue weighted by atomic mass is 10.0. The van der Waals surface area contributed by atoms with Crippen molar-refractivity contribution < 1.29 is 9.53 Å². The first-order chi connectivity index (χ1) is 12.1. The van der Waals surface area contributed by atoms with E-state index >= 15 is 0 Å². The largest absolute Gasteiger partial charge is 0.492 e. The van der Waals surface area contributed by atoms with Gasteiger partial charge in [0, 0.05) is 0 Å². The monoisotopic (exact) mass is 333 g/mol. The van der Waals surface area contributed by atoms with Crippen molar-refractivity contribution in [1.82, 2.24) is 5.32 Å². The number of carbonyl (C=O) groups is 1. The van der Waals surface area contributed by atoms with Gasteiger partial charge in [0.15, 0.2) is 0 Å². The van der Waals surface area contributed by atoms with Gasteiger partial charge in [-0.2, -0.15) is 0 Å². The third-order valence-electron chi connectivity index (χ3n) is 4.40. The van der Waals surface area contributed by atoms with Crippen molar-refractivity contribution in [2.24, 2.45) is 0 Å². The quantitative estimate of drug-likeness (QED) is 0.687. The summed E-state index contributed by atoms with van der Waals surface area (Å²) in [5.74, 6) is 0.853. The summed E-state index contributed by atoms with van der Waals surface area (Å²) in [5.41, 5.74) is 3.50. The molecule has 0 aromatic heterocycles. The van der Waals surface area contributed by atoms with Crippen LogP contribution in [0.5, 0.6) is 5.75 Å². The molecule has 3 aromatic carbocycles. The molecule has 0 fully saturated rings. The number of aryl methyl sites for hydroxylation is 2. The fraction of sp³-hybridized carbons (Fsp3) is 0.227. The van der Waals surface area contributed by atoms with Crippen LogP contribution in [0.1, 0.15) is 16.7 Å². The second-order valence-electron chi connectivity index (χ2n) is 6.26. The van der Waals surface area contributed by atoms with Crippen molar-refractivity contribution in [1.29, 1.82) is 0 Å². The Morgan fingerprint density at radius 1 is 0.960 bits per heavy atom. The van der Waals surface area contributed by atoms with E-state index in [4.69, 9.17) is 4.74 Å². The van der Waals surface area contributed by atoms with Crippen LogP contribution in [0.3, 0.4) is 0 Å². The van der Waals surface area contributed by atoms with Crippen LogP contribution in [-0.4, -0.2) is 19.1 Å². The normalized spacial score (nSPS) is 10.6. The van der Waals surface area contributed by atoms with E-state index in [-0.39, 0.29) is 5.91 Å². The Morgan fingerprint density at radius 2 is 1.76 bits per heavy atom. The minimum absolute atomic E-state index is 0.0139. The van der Waals surface area contributed by atoms with Gasteiger partial charge in [-0.15, -0.1) is 0 Å². The smallest absolute Gasteiger partial charge is 0.224 e. The van der Waals surface area contributed by atoms with Crippen LogP contribution in [0, 0.1) is 13.8 Å². The zero-order valence-electron chi connectivity index (χ0n) is 14.7. The van der Waals surface area contributed by atoms with Crippen LogP contribution in [0.25, 0.3) is 10.8 Å². The number of rotatable bonds is 6. The van der Waals surface area contributed by atoms with Gasteiger partial charge in [0.1, 0.15) is 12.4 Å². The Kier molecular flexibility index (Phi) is 5.34. The second kappa shape index (κ2) is 7.84. The summed E-state index contributed by atoms with van der Waals surface area (Å²) in [6, 6.07) is 20.2. The van der Waals surface area contributed by atoms with E-state index < -0.39 is 0 Å². The van der Waals surface area contributed by atoms with E-state index in [1.807, 2.05) is 42.5 Å². The number of nitrogens with one attached hydrogen (secondary N) is 1. The molecule has 3 aromatic rings. The van der Waals surface area contributed by atoms with E-state index in [9.17, 15) is 4.79 Å². The molecular weight excluding hydrogens is 310 g/mol. The van der Waals surface area contributed by atoms with E-state index in [1.165, 1.54) is 11.1 Å². The van der Waals surface area contributed by atoms with Crippen molar-refractivity contribution in [2.75, 3.05) is 13.2 Å². The van der Waals surface area contributed by atoms with Crippen molar-refractivity contribution in [3.63, 3.8) is 0 Å². The average molecular weight is 333 g/mol. The molecule has 0 saturated heterocycles. The van der Waals surface area contributed by atoms with E-state index in [1.54, 1.807) is 0 Å². The highest BCUT2D eigenvalue weighted by atomic mass is 16.5. The summed E-state index contributed by atoms with van der Waals surface area (Å²) in [6.07, 6.45) is 0.380. The Balaban J connectivity index is 1.50. The summed E-state index contributed by atoms with van der Waals surface area (Å²) in [4.78, 5) is 12.2. The number of hydrogen-bond donors (Lipinski definition) is 1. The lowest BCUT2D eigenvalue weighted by molar-refractivity contribution is -0.120. The van der Waals surface area contributed by atoms with Crippen LogP contribution < -0.4 is 10.1 Å². The van der Waals surface area contributed by atoms with Crippen LogP contribution in [0.15, 0.2) is 60.7 Å². The Morgan fingerprint density at radius 3 is 2.60 bits per heavy atom. The van der Waals surface area contributed by atoms with Gasteiger partial charge in [-0.05, 0) is 53.4 Å². The number of fused-ring (bicyclic) bond motifs is 1. The zero-order chi connectivity index (χ0) is 17.6. The molecule has 0 heterocycles. The Hall–Kier alpha value is -2.81. The maximum atomic E-state index is 12.2. The van der Waals surface area contributed by atoms with E-state index in [2.05, 4.69) is 37.4 Å². The number of hydrogen-bond acceptors (Lipinski definition) is 2. The standard InChI is InChI=1S/C22H23NO2/c1-16-10-11-20(14-17(16)2)25-13-12-23-22(24)15-19-8-5-7-18-6-3-4-9-21(18)19/h3-11,14H,12-13,15H2,1-2H3,(H,23,24). The molecule has 3 rings (SSSR count). The molecule has 3 nitrogen and oxygen atoms in total. The first-order valence-electron chi connectivity index (χ1n) is 8.57. The molecule has 0 aliphatic carbocycles. The predicted molar refractivity (Wildman–Crippen MR) is 102 cm³/mol. The van der Waals surface area contributed by atoms with Gasteiger partial charge in [-0.3, -0.25) is 4.79 Å². The fourth-order valence-corrected chi connectivity index (χ4v) is 2.85. The predicted octanol–water partition coefficient (Wildman–Crippen LogP) is 4.19. The molecule has 0 unspecified atom stereocenters. The third-order valence-corrected chi connectivity index (χ3v) is 4.40. The Bertz CT molecular complexity index is 881. The van der Waals surface area contributed by atoms with Crippen LogP contribution in [-0.2, 0) is 11.2 Å². The minimum atomic E-state index is 0.0139. The lowest BCUT2D eigenvalue weighted by Gasteiger charge is -2.10. The molecule has 0 bridgehead atoms. The van der Waals surface area contributed by atoms with Gasteiger partial charge < -0.3 is 10.1 Å². The third kappa shape index (κ3) is 4.38. The molecule has 25 heavy (non-hydrogen) atoms. The fourth-order valence-electron chi connectivity index (χ4n) is 2.85. The van der Waals surface area contributed by atoms with Crippen molar-refractivity contribution in [3.8, 4) is 5.75 Å². The SMILES string of the molecule is Cc1ccc(OCCNC(=O)Cc2cccc3ccccc23)cc1C. The highest BCUT2D eigenvalue weighted by molar-refractivity contribution is 5.90. The molecule has 0 aliphatic rings. The van der Waals surface area contributed by atoms with Gasteiger partial charge in [-0.1, -0.05) is 48.5 Å². The molecule has 0 spiro atoms. The van der Waals surface area contributed by atoms with E-state index in [0.717, 1.165) is 22.1 Å². The summed E-state index contributed by atoms with van der Waals surface area (Å²) in [5, 5.41) is 5.22. The van der Waals surface area contributed by atoms with Gasteiger partial charge in [-0.25, -0.2) is 0 Å². The van der Waals surface area contributed by atoms with Gasteiger partial charge in [0.2, 0.25) is 5.91 Å². The van der Waals surface area contributed by atoms with E-state index in [0.29, 0.717) is 19.6 Å². The summed E-state index contributed by atoms with van der Waals surface area (Å²) >= 11 is 0. The first-order valence-corrected chi connectivity index (χ1v) is 8.57. The molecule has 128 valence electrons. The molecule has 3 heteroatoms. The molecule has 0 radical (unpaired) electrons. The minimum Gasteiger partial charge on any atom is -0.492 e. The Labute approximate surface area is 148 Å². The summed E-state index contributed by atoms with van der Waals surface area (Å²) in [7, 11) is 0. The molecule has 1 N–H and O–H groups in total. The topological polar surface area (TPSA) is 38.3 Å². The van der Waals surface area contributed by atoms with Gasteiger partial charge in [0.05, 0.1) is 13.0 Å². The first kappa shape index (κ1) is 17.0. The number of amides is 1. The van der Waals surface area contributed by atoms with Crippen molar-refractivity contribution in [2.45, 2.75) is 20.3 Å². The van der Waals surface area contributed by atoms with Crippen molar-refractivity contribution in [3.05, 3.63) is 77.4 Å². The number of benzene rings is 3. The number of carbonyl (C=O) groups excluding carboxylic acids is 1. The van der Waals surface area contributed by atoms with Crippen LogP contribution >= 0.6 is 0 Å². The van der Waals surface area contributed by atoms with Gasteiger partial charge in [0.25, 0.3) is 0 Å². The van der Waals surface area contributed by atoms with Gasteiger partial charge >= 0.3 is 0 Å². The summed E-state index contributed by atoms with van der Waals surface area (Å²) in [6.45, 7) is 5.10. The molecule has 0 aliphatic heterocycles. The zero-order valence-corrected chi connectivity index (χ0v) is 14.7. The lowest BCUT2D eigenvalue weighted by Crippen LogP contribution is -2.29. The highest BCUT2D eigenvalue weighted by Crippen LogP contribution is 2.19. The maximum Gasteiger partial charge on any atom is 0.224 e. The molecule has 0 atom stereocenters. The van der Waals surface area contributed by atoms with Crippen molar-refractivity contribution >= 4 is 16.7 Å². The molecular formula is C22H23NO2. The van der Waals surface area contributed by atoms with Crippen LogP contribution in [0.2, 0.25) is 0 Å². The molecule has 1 amide bonds. The van der Waals surface area contributed by atoms with Crippen LogP contribution in [0.4, 0.5) is 0 Å². The second-order valence-corrected chi connectivity index (χ2v) is 6.26. The maximum absolute atomic E-state index is 12.2.